The van der Waals surface area contributed by atoms with Gasteiger partial charge in [0.2, 0.25) is 0 Å². The summed E-state index contributed by atoms with van der Waals surface area (Å²) in [5.74, 6) is -6.95. The average Bonchev–Trinajstić information content (AvgIpc) is 2.26. The highest BCUT2D eigenvalue weighted by molar-refractivity contribution is 5.75. The van der Waals surface area contributed by atoms with Gasteiger partial charge in [-0.25, -0.2) is 9.59 Å². The number of alkyl carbamates (subject to hydrolysis) is 1. The van der Waals surface area contributed by atoms with Crippen LogP contribution in [0, 0.1) is 5.92 Å². The van der Waals surface area contributed by atoms with Crippen LogP contribution in [0.4, 0.5) is 13.6 Å². The van der Waals surface area contributed by atoms with Gasteiger partial charge in [-0.15, -0.1) is 0 Å². The number of rotatable bonds is 3. The van der Waals surface area contributed by atoms with Crippen LogP contribution in [0.2, 0.25) is 0 Å². The summed E-state index contributed by atoms with van der Waals surface area (Å²) in [5.41, 5.74) is -0.613. The van der Waals surface area contributed by atoms with E-state index in [4.69, 9.17) is 9.84 Å². The highest BCUT2D eigenvalue weighted by atomic mass is 19.3. The van der Waals surface area contributed by atoms with E-state index in [1.165, 1.54) is 0 Å². The summed E-state index contributed by atoms with van der Waals surface area (Å²) in [6.45, 7) is 5.20. The average molecular weight is 293 g/mol. The minimum Gasteiger partial charge on any atom is -0.477 e. The SMILES string of the molecule is CC(C)(C)OC(=O)NC1CCC(C(F)(F)C(=O)O)CC1. The van der Waals surface area contributed by atoms with Gasteiger partial charge in [0.15, 0.2) is 0 Å². The maximum Gasteiger partial charge on any atom is 0.407 e. The minimum atomic E-state index is -3.70. The van der Waals surface area contributed by atoms with E-state index >= 15 is 0 Å². The van der Waals surface area contributed by atoms with Gasteiger partial charge in [0, 0.05) is 12.0 Å². The molecule has 2 N–H and O–H groups in total. The van der Waals surface area contributed by atoms with Gasteiger partial charge in [0.05, 0.1) is 0 Å². The van der Waals surface area contributed by atoms with Crippen molar-refractivity contribution in [3.8, 4) is 0 Å². The number of nitrogens with one attached hydrogen (secondary N) is 1. The number of ether oxygens (including phenoxy) is 1. The molecular weight excluding hydrogens is 272 g/mol. The number of hydrogen-bond acceptors (Lipinski definition) is 3. The summed E-state index contributed by atoms with van der Waals surface area (Å²) in [6, 6.07) is -0.245. The molecule has 0 aliphatic heterocycles. The molecule has 1 rings (SSSR count). The van der Waals surface area contributed by atoms with Gasteiger partial charge in [0.25, 0.3) is 0 Å². The van der Waals surface area contributed by atoms with Crippen LogP contribution >= 0.6 is 0 Å². The molecule has 1 amide bonds. The second kappa shape index (κ2) is 5.93. The molecule has 116 valence electrons. The summed E-state index contributed by atoms with van der Waals surface area (Å²) < 4.78 is 31.7. The zero-order valence-corrected chi connectivity index (χ0v) is 11.9. The third-order valence-electron chi connectivity index (χ3n) is 3.25. The van der Waals surface area contributed by atoms with Gasteiger partial charge in [0.1, 0.15) is 5.60 Å². The standard InChI is InChI=1S/C13H21F2NO4/c1-12(2,3)20-11(19)16-9-6-4-8(5-7-9)13(14,15)10(17)18/h8-9H,4-7H2,1-3H3,(H,16,19)(H,17,18). The van der Waals surface area contributed by atoms with Crippen molar-refractivity contribution in [2.75, 3.05) is 0 Å². The Kier molecular flexibility index (Phi) is 4.94. The summed E-state index contributed by atoms with van der Waals surface area (Å²) >= 11 is 0. The summed E-state index contributed by atoms with van der Waals surface area (Å²) in [5, 5.41) is 11.1. The predicted molar refractivity (Wildman–Crippen MR) is 67.7 cm³/mol. The summed E-state index contributed by atoms with van der Waals surface area (Å²) in [6.07, 6.45) is 0.213. The van der Waals surface area contributed by atoms with Crippen molar-refractivity contribution >= 4 is 12.1 Å². The number of carboxylic acid groups (broad SMARTS) is 1. The van der Waals surface area contributed by atoms with Gasteiger partial charge < -0.3 is 15.2 Å². The van der Waals surface area contributed by atoms with Crippen LogP contribution in [0.1, 0.15) is 46.5 Å². The Morgan fingerprint density at radius 3 is 2.05 bits per heavy atom. The molecule has 7 heteroatoms. The van der Waals surface area contributed by atoms with Crippen LogP contribution in [0.15, 0.2) is 0 Å². The van der Waals surface area contributed by atoms with Gasteiger partial charge >= 0.3 is 18.0 Å². The molecule has 0 aromatic rings. The smallest absolute Gasteiger partial charge is 0.407 e. The van der Waals surface area contributed by atoms with Crippen molar-refractivity contribution in [2.45, 2.75) is 64.0 Å². The Bertz CT molecular complexity index is 371. The number of amides is 1. The largest absolute Gasteiger partial charge is 0.477 e. The van der Waals surface area contributed by atoms with E-state index in [1.807, 2.05) is 0 Å². The zero-order valence-electron chi connectivity index (χ0n) is 11.9. The second-order valence-corrected chi connectivity index (χ2v) is 6.12. The zero-order chi connectivity index (χ0) is 15.6. The lowest BCUT2D eigenvalue weighted by atomic mass is 9.82. The number of carbonyl (C=O) groups excluding carboxylic acids is 1. The van der Waals surface area contributed by atoms with Crippen molar-refractivity contribution in [1.82, 2.24) is 5.32 Å². The first-order valence-corrected chi connectivity index (χ1v) is 6.63. The normalized spacial score (nSPS) is 24.1. The van der Waals surface area contributed by atoms with Gasteiger partial charge in [-0.2, -0.15) is 8.78 Å². The third kappa shape index (κ3) is 4.61. The Balaban J connectivity index is 2.43. The fourth-order valence-corrected chi connectivity index (χ4v) is 2.25. The summed E-state index contributed by atoms with van der Waals surface area (Å²) in [4.78, 5) is 22.0. The molecule has 0 aromatic carbocycles. The Morgan fingerprint density at radius 2 is 1.65 bits per heavy atom. The lowest BCUT2D eigenvalue weighted by Crippen LogP contribution is -2.45. The fraction of sp³-hybridized carbons (Fsp3) is 0.846. The maximum atomic E-state index is 13.3. The van der Waals surface area contributed by atoms with E-state index in [-0.39, 0.29) is 18.9 Å². The second-order valence-electron chi connectivity index (χ2n) is 6.12. The monoisotopic (exact) mass is 293 g/mol. The number of hydrogen-bond donors (Lipinski definition) is 2. The lowest BCUT2D eigenvalue weighted by Gasteiger charge is -2.32. The van der Waals surface area contributed by atoms with Gasteiger partial charge in [-0.3, -0.25) is 0 Å². The van der Waals surface area contributed by atoms with Crippen molar-refractivity contribution in [1.29, 1.82) is 0 Å². The van der Waals surface area contributed by atoms with E-state index in [0.717, 1.165) is 0 Å². The number of halogens is 2. The maximum absolute atomic E-state index is 13.3. The molecule has 0 atom stereocenters. The number of carboxylic acids is 1. The summed E-state index contributed by atoms with van der Waals surface area (Å²) in [7, 11) is 0. The van der Waals surface area contributed by atoms with E-state index in [2.05, 4.69) is 5.32 Å². The van der Waals surface area contributed by atoms with E-state index in [1.54, 1.807) is 20.8 Å². The van der Waals surface area contributed by atoms with Crippen LogP contribution in [-0.4, -0.2) is 34.7 Å². The molecule has 1 aliphatic rings. The molecule has 0 radical (unpaired) electrons. The van der Waals surface area contributed by atoms with Crippen LogP contribution in [-0.2, 0) is 9.53 Å². The van der Waals surface area contributed by atoms with Crippen molar-refractivity contribution in [3.05, 3.63) is 0 Å². The molecule has 0 saturated heterocycles. The van der Waals surface area contributed by atoms with Crippen LogP contribution < -0.4 is 5.32 Å². The first-order chi connectivity index (χ1) is 9.02. The van der Waals surface area contributed by atoms with E-state index < -0.39 is 29.5 Å². The van der Waals surface area contributed by atoms with Gasteiger partial charge in [-0.1, -0.05) is 0 Å². The number of alkyl halides is 2. The number of aliphatic carboxylic acids is 1. The first-order valence-electron chi connectivity index (χ1n) is 6.63. The van der Waals surface area contributed by atoms with Crippen LogP contribution in [0.3, 0.4) is 0 Å². The highest BCUT2D eigenvalue weighted by Gasteiger charge is 2.48. The Hall–Kier alpha value is -1.40. The quantitative estimate of drug-likeness (QED) is 0.839. The molecule has 1 saturated carbocycles. The molecular formula is C13H21F2NO4. The van der Waals surface area contributed by atoms with Crippen molar-refractivity contribution in [2.24, 2.45) is 5.92 Å². The third-order valence-corrected chi connectivity index (χ3v) is 3.25. The Labute approximate surface area is 116 Å². The van der Waals surface area contributed by atoms with Gasteiger partial charge in [-0.05, 0) is 46.5 Å². The van der Waals surface area contributed by atoms with Crippen molar-refractivity contribution < 1.29 is 28.2 Å². The molecule has 0 heterocycles. The molecule has 1 aliphatic carbocycles. The molecule has 0 aromatic heterocycles. The molecule has 0 unspecified atom stereocenters. The molecule has 0 spiro atoms. The number of carbonyl (C=O) groups is 2. The lowest BCUT2D eigenvalue weighted by molar-refractivity contribution is -0.175. The van der Waals surface area contributed by atoms with Crippen molar-refractivity contribution in [3.63, 3.8) is 0 Å². The molecule has 1 fully saturated rings. The predicted octanol–water partition coefficient (Wildman–Crippen LogP) is 2.79. The van der Waals surface area contributed by atoms with Crippen LogP contribution in [0.25, 0.3) is 0 Å². The first kappa shape index (κ1) is 16.7. The highest BCUT2D eigenvalue weighted by Crippen LogP contribution is 2.36. The topological polar surface area (TPSA) is 75.6 Å². The minimum absolute atomic E-state index is 0.0692. The van der Waals surface area contributed by atoms with E-state index in [0.29, 0.717) is 12.8 Å². The fourth-order valence-electron chi connectivity index (χ4n) is 2.25. The van der Waals surface area contributed by atoms with Crippen LogP contribution in [0.5, 0.6) is 0 Å². The van der Waals surface area contributed by atoms with E-state index in [9.17, 15) is 18.4 Å². The molecule has 5 nitrogen and oxygen atoms in total. The Morgan fingerprint density at radius 1 is 1.15 bits per heavy atom. The molecule has 20 heavy (non-hydrogen) atoms. The molecule has 0 bridgehead atoms.